The number of hydrogen-bond donors (Lipinski definition) is 0. The quantitative estimate of drug-likeness (QED) is 0.182. The zero-order valence-corrected chi connectivity index (χ0v) is 14.2. The van der Waals surface area contributed by atoms with E-state index >= 15 is 0 Å². The lowest BCUT2D eigenvalue weighted by atomic mass is 10.2. The largest absolute Gasteiger partial charge is 0.502 e. The van der Waals surface area contributed by atoms with Crippen LogP contribution in [0.1, 0.15) is 46.0 Å². The molecular formula is C14H28O5Si. The molecule has 0 saturated carbocycles. The molecule has 0 aromatic heterocycles. The van der Waals surface area contributed by atoms with Gasteiger partial charge >= 0.3 is 14.8 Å². The van der Waals surface area contributed by atoms with Gasteiger partial charge in [0.1, 0.15) is 0 Å². The maximum Gasteiger partial charge on any atom is 0.502 e. The van der Waals surface area contributed by atoms with Crippen LogP contribution in [-0.4, -0.2) is 35.8 Å². The van der Waals surface area contributed by atoms with Crippen molar-refractivity contribution in [2.75, 3.05) is 21.0 Å². The summed E-state index contributed by atoms with van der Waals surface area (Å²) >= 11 is 0. The molecule has 0 spiro atoms. The Balaban J connectivity index is 4.10. The number of unbranched alkanes of at least 4 members (excludes halogenated alkanes) is 4. The van der Waals surface area contributed by atoms with Crippen LogP contribution < -0.4 is 0 Å². The number of hydrogen-bond acceptors (Lipinski definition) is 5. The van der Waals surface area contributed by atoms with Crippen molar-refractivity contribution in [3.05, 3.63) is 12.2 Å². The highest BCUT2D eigenvalue weighted by molar-refractivity contribution is 6.60. The molecule has 0 aliphatic carbocycles. The molecule has 0 fully saturated rings. The molecule has 0 aromatic rings. The summed E-state index contributed by atoms with van der Waals surface area (Å²) < 4.78 is 21.3. The molecule has 0 bridgehead atoms. The minimum Gasteiger partial charge on any atom is -0.436 e. The van der Waals surface area contributed by atoms with Crippen LogP contribution in [0.5, 0.6) is 0 Å². The Morgan fingerprint density at radius 3 is 2.20 bits per heavy atom. The van der Waals surface area contributed by atoms with Crippen molar-refractivity contribution in [3.8, 4) is 0 Å². The van der Waals surface area contributed by atoms with E-state index in [1.54, 1.807) is 21.1 Å². The van der Waals surface area contributed by atoms with E-state index in [9.17, 15) is 4.79 Å². The van der Waals surface area contributed by atoms with Gasteiger partial charge in [0.2, 0.25) is 0 Å². The van der Waals surface area contributed by atoms with Crippen molar-refractivity contribution < 1.29 is 22.8 Å². The first-order valence-electron chi connectivity index (χ1n) is 7.08. The van der Waals surface area contributed by atoms with Crippen LogP contribution in [0.15, 0.2) is 12.2 Å². The van der Waals surface area contributed by atoms with Gasteiger partial charge in [-0.2, -0.15) is 0 Å². The Bertz CT molecular complexity index is 289. The van der Waals surface area contributed by atoms with Gasteiger partial charge in [0.25, 0.3) is 0 Å². The van der Waals surface area contributed by atoms with Gasteiger partial charge in [0.05, 0.1) is 0 Å². The summed E-state index contributed by atoms with van der Waals surface area (Å²) in [7, 11) is 0.431. The predicted octanol–water partition coefficient (Wildman–Crippen LogP) is 3.28. The van der Waals surface area contributed by atoms with E-state index in [4.69, 9.17) is 18.0 Å². The molecule has 6 heteroatoms. The third-order valence-corrected chi connectivity index (χ3v) is 5.79. The molecule has 20 heavy (non-hydrogen) atoms. The molecule has 0 heterocycles. The van der Waals surface area contributed by atoms with Crippen molar-refractivity contribution in [2.45, 2.75) is 52.0 Å². The molecule has 0 amide bonds. The van der Waals surface area contributed by atoms with Crippen LogP contribution >= 0.6 is 0 Å². The lowest BCUT2D eigenvalue weighted by Crippen LogP contribution is -2.44. The Morgan fingerprint density at radius 2 is 1.70 bits per heavy atom. The van der Waals surface area contributed by atoms with Crippen LogP contribution in [0.4, 0.5) is 0 Å². The van der Waals surface area contributed by atoms with Crippen molar-refractivity contribution in [2.24, 2.45) is 0 Å². The summed E-state index contributed by atoms with van der Waals surface area (Å²) in [5.41, 5.74) is 0.343. The lowest BCUT2D eigenvalue weighted by molar-refractivity contribution is -0.147. The fourth-order valence-corrected chi connectivity index (χ4v) is 3.59. The van der Waals surface area contributed by atoms with Crippen molar-refractivity contribution in [3.63, 3.8) is 0 Å². The summed E-state index contributed by atoms with van der Waals surface area (Å²) in [5, 5.41) is 0. The highest BCUT2D eigenvalue weighted by Gasteiger charge is 2.38. The molecule has 0 unspecified atom stereocenters. The minimum absolute atomic E-state index is 0.158. The number of ether oxygens (including phenoxy) is 1. The fraction of sp³-hybridized carbons (Fsp3) is 0.786. The highest BCUT2D eigenvalue weighted by atomic mass is 28.4. The molecule has 5 nitrogen and oxygen atoms in total. The average molecular weight is 304 g/mol. The first-order valence-corrected chi connectivity index (χ1v) is 9.01. The van der Waals surface area contributed by atoms with Crippen molar-refractivity contribution >= 4 is 14.8 Å². The van der Waals surface area contributed by atoms with Crippen molar-refractivity contribution in [1.29, 1.82) is 0 Å². The number of rotatable bonds is 12. The van der Waals surface area contributed by atoms with Crippen LogP contribution in [0.3, 0.4) is 0 Å². The lowest BCUT2D eigenvalue weighted by Gasteiger charge is -2.26. The second kappa shape index (κ2) is 11.0. The van der Waals surface area contributed by atoms with Gasteiger partial charge in [0.15, 0.2) is 6.79 Å². The number of esters is 1. The van der Waals surface area contributed by atoms with Gasteiger partial charge in [0, 0.05) is 25.8 Å². The molecule has 0 rings (SSSR count). The Labute approximate surface area is 123 Å². The summed E-state index contributed by atoms with van der Waals surface area (Å²) in [6.07, 6.45) is 5.78. The Kier molecular flexibility index (Phi) is 10.6. The summed E-state index contributed by atoms with van der Waals surface area (Å²) in [6.45, 7) is 7.12. The highest BCUT2D eigenvalue weighted by Crippen LogP contribution is 2.19. The molecule has 0 N–H and O–H groups in total. The zero-order chi connectivity index (χ0) is 15.4. The summed E-state index contributed by atoms with van der Waals surface area (Å²) in [5.74, 6) is -0.469. The summed E-state index contributed by atoms with van der Waals surface area (Å²) in [6, 6.07) is 0.730. The second-order valence-electron chi connectivity index (χ2n) is 4.73. The third kappa shape index (κ3) is 7.79. The van der Waals surface area contributed by atoms with Gasteiger partial charge in [-0.25, -0.2) is 4.79 Å². The second-order valence-corrected chi connectivity index (χ2v) is 7.70. The van der Waals surface area contributed by atoms with E-state index in [1.807, 2.05) is 0 Å². The standard InChI is InChI=1S/C14H28O5Si/c1-6-7-8-9-10-11-20(16-4,17-5)19-12-18-14(15)13(2)3/h2,6-12H2,1,3-5H3. The van der Waals surface area contributed by atoms with E-state index < -0.39 is 14.8 Å². The maximum atomic E-state index is 11.3. The predicted molar refractivity (Wildman–Crippen MR) is 80.2 cm³/mol. The van der Waals surface area contributed by atoms with E-state index in [0.717, 1.165) is 18.9 Å². The van der Waals surface area contributed by atoms with Crippen LogP contribution in [0.25, 0.3) is 0 Å². The van der Waals surface area contributed by atoms with Gasteiger partial charge in [-0.05, 0) is 13.3 Å². The van der Waals surface area contributed by atoms with Gasteiger partial charge in [-0.3, -0.25) is 0 Å². The molecular weight excluding hydrogens is 276 g/mol. The van der Waals surface area contributed by atoms with Crippen molar-refractivity contribution in [1.82, 2.24) is 0 Å². The number of carbonyl (C=O) groups excluding carboxylic acids is 1. The summed E-state index contributed by atoms with van der Waals surface area (Å²) in [4.78, 5) is 11.3. The smallest absolute Gasteiger partial charge is 0.436 e. The molecule has 0 radical (unpaired) electrons. The Morgan fingerprint density at radius 1 is 1.10 bits per heavy atom. The van der Waals surface area contributed by atoms with Gasteiger partial charge in [-0.1, -0.05) is 39.2 Å². The maximum absolute atomic E-state index is 11.3. The monoisotopic (exact) mass is 304 g/mol. The first-order chi connectivity index (χ1) is 9.51. The fourth-order valence-electron chi connectivity index (χ4n) is 1.72. The van der Waals surface area contributed by atoms with Crippen LogP contribution in [0, 0.1) is 0 Å². The number of carbonyl (C=O) groups is 1. The van der Waals surface area contributed by atoms with Gasteiger partial charge in [-0.15, -0.1) is 0 Å². The topological polar surface area (TPSA) is 54.0 Å². The first kappa shape index (κ1) is 19.3. The molecule has 0 aromatic carbocycles. The Hall–Kier alpha value is -0.693. The normalized spacial score (nSPS) is 11.4. The molecule has 0 aliphatic heterocycles. The third-order valence-electron chi connectivity index (χ3n) is 3.03. The van der Waals surface area contributed by atoms with E-state index in [2.05, 4.69) is 13.5 Å². The average Bonchev–Trinajstić information content (AvgIpc) is 2.45. The molecule has 0 aliphatic rings. The molecule has 118 valence electrons. The van der Waals surface area contributed by atoms with Crippen LogP contribution in [0.2, 0.25) is 6.04 Å². The minimum atomic E-state index is -2.71. The molecule has 0 atom stereocenters. The van der Waals surface area contributed by atoms with Gasteiger partial charge < -0.3 is 18.0 Å². The van der Waals surface area contributed by atoms with E-state index in [-0.39, 0.29) is 6.79 Å². The van der Waals surface area contributed by atoms with E-state index in [0.29, 0.717) is 5.57 Å². The van der Waals surface area contributed by atoms with Crippen LogP contribution in [-0.2, 0) is 22.8 Å². The molecule has 0 saturated heterocycles. The zero-order valence-electron chi connectivity index (χ0n) is 13.2. The van der Waals surface area contributed by atoms with E-state index in [1.165, 1.54) is 19.3 Å². The SMILES string of the molecule is C=C(C)C(=O)OCO[Si](CCCCCCC)(OC)OC.